The lowest BCUT2D eigenvalue weighted by Crippen LogP contribution is -2.09. The number of rotatable bonds is 8. The molecule has 0 bridgehead atoms. The smallest absolute Gasteiger partial charge is 0.166 e. The van der Waals surface area contributed by atoms with E-state index in [1.807, 2.05) is 6.07 Å². The molecule has 0 aliphatic heterocycles. The van der Waals surface area contributed by atoms with E-state index in [4.69, 9.17) is 19.5 Å². The highest BCUT2D eigenvalue weighted by Crippen LogP contribution is 2.17. The summed E-state index contributed by atoms with van der Waals surface area (Å²) >= 11 is 0. The van der Waals surface area contributed by atoms with Crippen molar-refractivity contribution in [2.45, 2.75) is 6.42 Å². The van der Waals surface area contributed by atoms with Gasteiger partial charge in [0.15, 0.2) is 11.6 Å². The first kappa shape index (κ1) is 14.4. The van der Waals surface area contributed by atoms with Crippen LogP contribution < -0.4 is 4.74 Å². The van der Waals surface area contributed by atoms with Gasteiger partial charge in [0.2, 0.25) is 0 Å². The maximum absolute atomic E-state index is 13.4. The molecule has 0 unspecified atom stereocenters. The molecule has 98 valence electrons. The SMILES string of the molecule is COCCCOCCOc1ccc(C#N)cc1F. The van der Waals surface area contributed by atoms with Crippen LogP contribution in [0.4, 0.5) is 4.39 Å². The Morgan fingerprint density at radius 3 is 2.72 bits per heavy atom. The van der Waals surface area contributed by atoms with Crippen LogP contribution in [0.15, 0.2) is 18.2 Å². The van der Waals surface area contributed by atoms with Crippen molar-refractivity contribution in [3.63, 3.8) is 0 Å². The molecule has 1 aromatic rings. The van der Waals surface area contributed by atoms with Gasteiger partial charge in [-0.3, -0.25) is 0 Å². The first-order chi connectivity index (χ1) is 8.77. The van der Waals surface area contributed by atoms with E-state index in [0.717, 1.165) is 12.5 Å². The summed E-state index contributed by atoms with van der Waals surface area (Å²) in [7, 11) is 1.64. The van der Waals surface area contributed by atoms with Crippen LogP contribution in [0.3, 0.4) is 0 Å². The predicted molar refractivity (Wildman–Crippen MR) is 63.9 cm³/mol. The van der Waals surface area contributed by atoms with E-state index in [9.17, 15) is 4.39 Å². The lowest BCUT2D eigenvalue weighted by molar-refractivity contribution is 0.0797. The van der Waals surface area contributed by atoms with Crippen LogP contribution in [0, 0.1) is 17.1 Å². The number of nitriles is 1. The van der Waals surface area contributed by atoms with E-state index in [1.165, 1.54) is 12.1 Å². The van der Waals surface area contributed by atoms with Gasteiger partial charge in [0.1, 0.15) is 6.61 Å². The maximum atomic E-state index is 13.4. The Labute approximate surface area is 106 Å². The van der Waals surface area contributed by atoms with Crippen LogP contribution in [0.1, 0.15) is 12.0 Å². The van der Waals surface area contributed by atoms with Gasteiger partial charge >= 0.3 is 0 Å². The molecule has 5 heteroatoms. The molecule has 4 nitrogen and oxygen atoms in total. The monoisotopic (exact) mass is 253 g/mol. The molecule has 0 radical (unpaired) electrons. The quantitative estimate of drug-likeness (QED) is 0.666. The molecule has 0 N–H and O–H groups in total. The Kier molecular flexibility index (Phi) is 6.77. The average Bonchev–Trinajstić information content (AvgIpc) is 2.39. The highest BCUT2D eigenvalue weighted by molar-refractivity contribution is 5.35. The van der Waals surface area contributed by atoms with Crippen molar-refractivity contribution in [1.82, 2.24) is 0 Å². The van der Waals surface area contributed by atoms with E-state index >= 15 is 0 Å². The molecule has 0 aliphatic rings. The van der Waals surface area contributed by atoms with Gasteiger partial charge in [-0.2, -0.15) is 5.26 Å². The van der Waals surface area contributed by atoms with Gasteiger partial charge in [-0.1, -0.05) is 0 Å². The predicted octanol–water partition coefficient (Wildman–Crippen LogP) is 2.13. The van der Waals surface area contributed by atoms with Gasteiger partial charge in [0.25, 0.3) is 0 Å². The Balaban J connectivity index is 2.21. The van der Waals surface area contributed by atoms with Crippen molar-refractivity contribution in [1.29, 1.82) is 5.26 Å². The lowest BCUT2D eigenvalue weighted by Gasteiger charge is -2.08. The summed E-state index contributed by atoms with van der Waals surface area (Å²) in [5.74, 6) is -0.400. The average molecular weight is 253 g/mol. The molecule has 0 saturated heterocycles. The molecule has 0 amide bonds. The fourth-order valence-corrected chi connectivity index (χ4v) is 1.31. The van der Waals surface area contributed by atoms with E-state index in [2.05, 4.69) is 0 Å². The van der Waals surface area contributed by atoms with Crippen molar-refractivity contribution in [2.24, 2.45) is 0 Å². The summed E-state index contributed by atoms with van der Waals surface area (Å²) in [5, 5.41) is 8.58. The van der Waals surface area contributed by atoms with Crippen molar-refractivity contribution in [3.05, 3.63) is 29.6 Å². The number of benzene rings is 1. The molecular formula is C13H16FNO3. The summed E-state index contributed by atoms with van der Waals surface area (Å²) in [4.78, 5) is 0. The van der Waals surface area contributed by atoms with E-state index in [-0.39, 0.29) is 17.9 Å². The summed E-state index contributed by atoms with van der Waals surface area (Å²) in [6, 6.07) is 5.96. The van der Waals surface area contributed by atoms with Crippen LogP contribution in [0.25, 0.3) is 0 Å². The summed E-state index contributed by atoms with van der Waals surface area (Å²) in [5.41, 5.74) is 0.274. The molecule has 18 heavy (non-hydrogen) atoms. The van der Waals surface area contributed by atoms with Crippen molar-refractivity contribution < 1.29 is 18.6 Å². The number of nitrogens with zero attached hydrogens (tertiary/aromatic N) is 1. The van der Waals surface area contributed by atoms with Crippen LogP contribution in [0.5, 0.6) is 5.75 Å². The van der Waals surface area contributed by atoms with Gasteiger partial charge in [0.05, 0.1) is 18.2 Å². The number of methoxy groups -OCH3 is 1. The van der Waals surface area contributed by atoms with Gasteiger partial charge < -0.3 is 14.2 Å². The standard InChI is InChI=1S/C13H16FNO3/c1-16-5-2-6-17-7-8-18-13-4-3-11(10-15)9-12(13)14/h3-4,9H,2,5-8H2,1H3. The fraction of sp³-hybridized carbons (Fsp3) is 0.462. The summed E-state index contributed by atoms with van der Waals surface area (Å²) in [6.07, 6.45) is 0.821. The molecule has 0 spiro atoms. The highest BCUT2D eigenvalue weighted by Gasteiger charge is 2.04. The first-order valence-corrected chi connectivity index (χ1v) is 5.67. The second kappa shape index (κ2) is 8.45. The first-order valence-electron chi connectivity index (χ1n) is 5.67. The maximum Gasteiger partial charge on any atom is 0.166 e. The largest absolute Gasteiger partial charge is 0.488 e. The third-order valence-corrected chi connectivity index (χ3v) is 2.18. The molecule has 0 aromatic heterocycles. The molecule has 0 heterocycles. The minimum absolute atomic E-state index is 0.134. The zero-order valence-corrected chi connectivity index (χ0v) is 10.3. The van der Waals surface area contributed by atoms with E-state index in [0.29, 0.717) is 19.8 Å². The fourth-order valence-electron chi connectivity index (χ4n) is 1.31. The van der Waals surface area contributed by atoms with Crippen LogP contribution in [-0.4, -0.2) is 33.5 Å². The molecular weight excluding hydrogens is 237 g/mol. The minimum Gasteiger partial charge on any atom is -0.488 e. The van der Waals surface area contributed by atoms with E-state index < -0.39 is 5.82 Å². The molecule has 0 saturated carbocycles. The van der Waals surface area contributed by atoms with Gasteiger partial charge in [-0.25, -0.2) is 4.39 Å². The lowest BCUT2D eigenvalue weighted by atomic mass is 10.2. The van der Waals surface area contributed by atoms with Crippen molar-refractivity contribution in [3.8, 4) is 11.8 Å². The molecule has 1 rings (SSSR count). The van der Waals surface area contributed by atoms with Crippen molar-refractivity contribution >= 4 is 0 Å². The van der Waals surface area contributed by atoms with E-state index in [1.54, 1.807) is 7.11 Å². The number of ether oxygens (including phenoxy) is 3. The second-order valence-corrected chi connectivity index (χ2v) is 3.56. The van der Waals surface area contributed by atoms with Crippen LogP contribution >= 0.6 is 0 Å². The van der Waals surface area contributed by atoms with Crippen molar-refractivity contribution in [2.75, 3.05) is 33.5 Å². The highest BCUT2D eigenvalue weighted by atomic mass is 19.1. The Bertz CT molecular complexity index is 404. The Morgan fingerprint density at radius 1 is 1.22 bits per heavy atom. The number of halogens is 1. The molecule has 0 aliphatic carbocycles. The van der Waals surface area contributed by atoms with Gasteiger partial charge in [-0.15, -0.1) is 0 Å². The zero-order valence-electron chi connectivity index (χ0n) is 10.3. The number of hydrogen-bond donors (Lipinski definition) is 0. The molecule has 0 atom stereocenters. The topological polar surface area (TPSA) is 51.5 Å². The van der Waals surface area contributed by atoms with Crippen LogP contribution in [-0.2, 0) is 9.47 Å². The summed E-state index contributed by atoms with van der Waals surface area (Å²) in [6.45, 7) is 1.91. The third-order valence-electron chi connectivity index (χ3n) is 2.18. The zero-order chi connectivity index (χ0) is 13.2. The summed E-state index contributed by atoms with van der Waals surface area (Å²) < 4.78 is 28.7. The normalized spacial score (nSPS) is 10.1. The Morgan fingerprint density at radius 2 is 2.06 bits per heavy atom. The van der Waals surface area contributed by atoms with Gasteiger partial charge in [0, 0.05) is 20.3 Å². The third kappa shape index (κ3) is 5.13. The second-order valence-electron chi connectivity index (χ2n) is 3.56. The number of hydrogen-bond acceptors (Lipinski definition) is 4. The Hall–Kier alpha value is -1.64. The van der Waals surface area contributed by atoms with Gasteiger partial charge in [-0.05, 0) is 24.6 Å². The molecule has 1 aromatic carbocycles. The molecule has 0 fully saturated rings. The van der Waals surface area contributed by atoms with Crippen LogP contribution in [0.2, 0.25) is 0 Å². The minimum atomic E-state index is -0.534.